The quantitative estimate of drug-likeness (QED) is 0.695. The van der Waals surface area contributed by atoms with E-state index in [1.165, 1.54) is 31.4 Å². The summed E-state index contributed by atoms with van der Waals surface area (Å²) in [6, 6.07) is 2.88. The van der Waals surface area contributed by atoms with Gasteiger partial charge in [-0.05, 0) is 37.7 Å². The molecule has 1 aliphatic carbocycles. The summed E-state index contributed by atoms with van der Waals surface area (Å²) in [5, 5.41) is 4.62. The first kappa shape index (κ1) is 8.79. The SMILES string of the molecule is CCC(C)c1ccn(C2CCC2)n1. The Balaban J connectivity index is 2.08. The molecule has 1 saturated carbocycles. The first-order valence-corrected chi connectivity index (χ1v) is 5.36. The maximum atomic E-state index is 4.62. The van der Waals surface area contributed by atoms with E-state index in [4.69, 9.17) is 0 Å². The van der Waals surface area contributed by atoms with Crippen molar-refractivity contribution in [3.8, 4) is 0 Å². The first-order valence-electron chi connectivity index (χ1n) is 5.36. The Bertz CT molecular complexity index is 254. The minimum atomic E-state index is 0.612. The van der Waals surface area contributed by atoms with E-state index in [9.17, 15) is 0 Å². The van der Waals surface area contributed by atoms with Crippen molar-refractivity contribution in [1.29, 1.82) is 0 Å². The van der Waals surface area contributed by atoms with Gasteiger partial charge in [-0.3, -0.25) is 4.68 Å². The van der Waals surface area contributed by atoms with E-state index in [1.54, 1.807) is 0 Å². The van der Waals surface area contributed by atoms with Crippen LogP contribution >= 0.6 is 0 Å². The van der Waals surface area contributed by atoms with E-state index in [-0.39, 0.29) is 0 Å². The highest BCUT2D eigenvalue weighted by molar-refractivity contribution is 5.05. The van der Waals surface area contributed by atoms with Gasteiger partial charge in [-0.15, -0.1) is 0 Å². The molecule has 0 bridgehead atoms. The zero-order valence-electron chi connectivity index (χ0n) is 8.53. The second-order valence-electron chi connectivity index (χ2n) is 4.11. The largest absolute Gasteiger partial charge is 0.269 e. The molecule has 1 fully saturated rings. The Labute approximate surface area is 80.0 Å². The number of rotatable bonds is 3. The van der Waals surface area contributed by atoms with Crippen LogP contribution in [-0.2, 0) is 0 Å². The highest BCUT2D eigenvalue weighted by Gasteiger charge is 2.20. The molecule has 1 heterocycles. The molecule has 2 nitrogen and oxygen atoms in total. The summed E-state index contributed by atoms with van der Waals surface area (Å²) < 4.78 is 2.16. The molecule has 0 spiro atoms. The van der Waals surface area contributed by atoms with Crippen LogP contribution in [0.3, 0.4) is 0 Å². The Morgan fingerprint density at radius 1 is 1.62 bits per heavy atom. The Kier molecular flexibility index (Phi) is 2.38. The average Bonchev–Trinajstić information content (AvgIpc) is 2.49. The third-order valence-corrected chi connectivity index (χ3v) is 3.20. The van der Waals surface area contributed by atoms with Crippen LogP contribution in [0.1, 0.15) is 57.2 Å². The maximum Gasteiger partial charge on any atom is 0.0652 e. The van der Waals surface area contributed by atoms with Crippen molar-refractivity contribution in [3.63, 3.8) is 0 Å². The fourth-order valence-corrected chi connectivity index (χ4v) is 1.68. The standard InChI is InChI=1S/C11H18N2/c1-3-9(2)11-7-8-13(12-11)10-5-4-6-10/h7-10H,3-6H2,1-2H3. The minimum Gasteiger partial charge on any atom is -0.269 e. The predicted octanol–water partition coefficient (Wildman–Crippen LogP) is 3.12. The summed E-state index contributed by atoms with van der Waals surface area (Å²) >= 11 is 0. The second kappa shape index (κ2) is 3.52. The molecule has 1 atom stereocenters. The van der Waals surface area contributed by atoms with Crippen molar-refractivity contribution >= 4 is 0 Å². The van der Waals surface area contributed by atoms with Crippen LogP contribution in [-0.4, -0.2) is 9.78 Å². The molecule has 0 saturated heterocycles. The van der Waals surface area contributed by atoms with Gasteiger partial charge in [-0.2, -0.15) is 5.10 Å². The monoisotopic (exact) mass is 178 g/mol. The van der Waals surface area contributed by atoms with Crippen LogP contribution in [0, 0.1) is 0 Å². The molecule has 0 radical (unpaired) electrons. The summed E-state index contributed by atoms with van der Waals surface area (Å²) in [6.07, 6.45) is 7.35. The summed E-state index contributed by atoms with van der Waals surface area (Å²) in [5.74, 6) is 0.612. The molecule has 0 N–H and O–H groups in total. The van der Waals surface area contributed by atoms with Gasteiger partial charge in [0.1, 0.15) is 0 Å². The second-order valence-corrected chi connectivity index (χ2v) is 4.11. The molecule has 2 rings (SSSR count). The van der Waals surface area contributed by atoms with Gasteiger partial charge < -0.3 is 0 Å². The molecule has 1 aromatic rings. The molecule has 1 aromatic heterocycles. The van der Waals surface area contributed by atoms with Crippen LogP contribution in [0.15, 0.2) is 12.3 Å². The normalized spacial score (nSPS) is 19.8. The fraction of sp³-hybridized carbons (Fsp3) is 0.727. The topological polar surface area (TPSA) is 17.8 Å². The lowest BCUT2D eigenvalue weighted by Gasteiger charge is -2.25. The summed E-state index contributed by atoms with van der Waals surface area (Å²) in [6.45, 7) is 4.46. The molecule has 1 aliphatic rings. The minimum absolute atomic E-state index is 0.612. The maximum absolute atomic E-state index is 4.62. The van der Waals surface area contributed by atoms with Gasteiger partial charge in [-0.25, -0.2) is 0 Å². The number of aromatic nitrogens is 2. The molecule has 13 heavy (non-hydrogen) atoms. The van der Waals surface area contributed by atoms with Gasteiger partial charge >= 0.3 is 0 Å². The fourth-order valence-electron chi connectivity index (χ4n) is 1.68. The van der Waals surface area contributed by atoms with Crippen molar-refractivity contribution in [2.45, 2.75) is 51.5 Å². The van der Waals surface area contributed by atoms with Gasteiger partial charge in [0, 0.05) is 6.20 Å². The van der Waals surface area contributed by atoms with Crippen molar-refractivity contribution in [1.82, 2.24) is 9.78 Å². The van der Waals surface area contributed by atoms with E-state index in [2.05, 4.69) is 35.9 Å². The highest BCUT2D eigenvalue weighted by atomic mass is 15.3. The molecular weight excluding hydrogens is 160 g/mol. The van der Waals surface area contributed by atoms with Gasteiger partial charge in [0.25, 0.3) is 0 Å². The van der Waals surface area contributed by atoms with Crippen molar-refractivity contribution < 1.29 is 0 Å². The molecule has 72 valence electrons. The van der Waals surface area contributed by atoms with Gasteiger partial charge in [0.15, 0.2) is 0 Å². The van der Waals surface area contributed by atoms with Gasteiger partial charge in [0.2, 0.25) is 0 Å². The zero-order chi connectivity index (χ0) is 9.26. The van der Waals surface area contributed by atoms with E-state index in [0.717, 1.165) is 0 Å². The average molecular weight is 178 g/mol. The highest BCUT2D eigenvalue weighted by Crippen LogP contribution is 2.31. The van der Waals surface area contributed by atoms with E-state index in [1.807, 2.05) is 0 Å². The molecule has 2 heteroatoms. The van der Waals surface area contributed by atoms with Crippen LogP contribution in [0.2, 0.25) is 0 Å². The van der Waals surface area contributed by atoms with Crippen molar-refractivity contribution in [2.24, 2.45) is 0 Å². The first-order chi connectivity index (χ1) is 6.31. The molecule has 0 aliphatic heterocycles. The number of hydrogen-bond donors (Lipinski definition) is 0. The third kappa shape index (κ3) is 1.62. The van der Waals surface area contributed by atoms with E-state index < -0.39 is 0 Å². The van der Waals surface area contributed by atoms with Crippen LogP contribution in [0.4, 0.5) is 0 Å². The molecule has 0 amide bonds. The Morgan fingerprint density at radius 2 is 2.38 bits per heavy atom. The summed E-state index contributed by atoms with van der Waals surface area (Å²) in [5.41, 5.74) is 1.26. The van der Waals surface area contributed by atoms with E-state index >= 15 is 0 Å². The number of nitrogens with zero attached hydrogens (tertiary/aromatic N) is 2. The molecule has 1 unspecified atom stereocenters. The van der Waals surface area contributed by atoms with Gasteiger partial charge in [-0.1, -0.05) is 13.8 Å². The van der Waals surface area contributed by atoms with Gasteiger partial charge in [0.05, 0.1) is 11.7 Å². The Morgan fingerprint density at radius 3 is 2.92 bits per heavy atom. The van der Waals surface area contributed by atoms with Crippen LogP contribution in [0.5, 0.6) is 0 Å². The van der Waals surface area contributed by atoms with E-state index in [0.29, 0.717) is 12.0 Å². The lowest BCUT2D eigenvalue weighted by atomic mass is 9.93. The van der Waals surface area contributed by atoms with Crippen LogP contribution < -0.4 is 0 Å². The van der Waals surface area contributed by atoms with Crippen molar-refractivity contribution in [3.05, 3.63) is 18.0 Å². The summed E-state index contributed by atoms with van der Waals surface area (Å²) in [7, 11) is 0. The third-order valence-electron chi connectivity index (χ3n) is 3.20. The van der Waals surface area contributed by atoms with Crippen LogP contribution in [0.25, 0.3) is 0 Å². The number of hydrogen-bond acceptors (Lipinski definition) is 1. The van der Waals surface area contributed by atoms with Crippen molar-refractivity contribution in [2.75, 3.05) is 0 Å². The predicted molar refractivity (Wildman–Crippen MR) is 53.8 cm³/mol. The summed E-state index contributed by atoms with van der Waals surface area (Å²) in [4.78, 5) is 0. The molecule has 0 aromatic carbocycles. The zero-order valence-corrected chi connectivity index (χ0v) is 8.53. The molecular formula is C11H18N2. The lowest BCUT2D eigenvalue weighted by molar-refractivity contribution is 0.287. The smallest absolute Gasteiger partial charge is 0.0652 e. The Hall–Kier alpha value is -0.790. The lowest BCUT2D eigenvalue weighted by Crippen LogP contribution is -2.17.